The Balaban J connectivity index is 1.56. The van der Waals surface area contributed by atoms with Gasteiger partial charge < -0.3 is 16.0 Å². The fourth-order valence-electron chi connectivity index (χ4n) is 4.24. The van der Waals surface area contributed by atoms with E-state index in [-0.39, 0.29) is 23.9 Å². The van der Waals surface area contributed by atoms with Gasteiger partial charge in [0.1, 0.15) is 5.56 Å². The van der Waals surface area contributed by atoms with Crippen molar-refractivity contribution < 1.29 is 9.59 Å². The van der Waals surface area contributed by atoms with Crippen LogP contribution in [0.5, 0.6) is 0 Å². The number of benzene rings is 1. The van der Waals surface area contributed by atoms with E-state index >= 15 is 0 Å². The lowest BCUT2D eigenvalue weighted by Crippen LogP contribution is -2.35. The van der Waals surface area contributed by atoms with Gasteiger partial charge in [-0.1, -0.05) is 11.6 Å². The third-order valence-corrected chi connectivity index (χ3v) is 6.15. The van der Waals surface area contributed by atoms with Crippen molar-refractivity contribution in [2.24, 2.45) is 5.73 Å². The molecule has 4 N–H and O–H groups in total. The van der Waals surface area contributed by atoms with E-state index in [0.717, 1.165) is 40.3 Å². The first kappa shape index (κ1) is 21.8. The Hall–Kier alpha value is -3.39. The van der Waals surface area contributed by atoms with Crippen LogP contribution in [0.2, 0.25) is 5.02 Å². The third kappa shape index (κ3) is 4.18. The maximum atomic E-state index is 12.9. The lowest BCUT2D eigenvalue weighted by atomic mass is 9.90. The van der Waals surface area contributed by atoms with Crippen molar-refractivity contribution in [1.29, 1.82) is 0 Å². The Morgan fingerprint density at radius 3 is 2.69 bits per heavy atom. The predicted octanol–water partition coefficient (Wildman–Crippen LogP) is 2.67. The van der Waals surface area contributed by atoms with Crippen molar-refractivity contribution in [2.45, 2.75) is 45.6 Å². The molecule has 2 amide bonds. The number of carbonyl (C=O) groups is 2. The monoisotopic (exact) mass is 453 g/mol. The number of aromatic amines is 1. The quantitative estimate of drug-likeness (QED) is 0.549. The van der Waals surface area contributed by atoms with Gasteiger partial charge in [0.2, 0.25) is 5.91 Å². The summed E-state index contributed by atoms with van der Waals surface area (Å²) in [6.45, 7) is 3.80. The minimum Gasteiger partial charge on any atom is -0.365 e. The third-order valence-electron chi connectivity index (χ3n) is 5.90. The van der Waals surface area contributed by atoms with E-state index in [1.54, 1.807) is 16.8 Å². The maximum Gasteiger partial charge on any atom is 0.261 e. The van der Waals surface area contributed by atoms with Gasteiger partial charge in [0, 0.05) is 22.0 Å². The number of fused-ring (bicyclic) bond motifs is 1. The highest BCUT2D eigenvalue weighted by atomic mass is 35.5. The van der Waals surface area contributed by atoms with Gasteiger partial charge in [-0.15, -0.1) is 0 Å². The minimum absolute atomic E-state index is 0.0965. The average Bonchev–Trinajstić information content (AvgIpc) is 3.02. The molecule has 1 atom stereocenters. The molecule has 1 aliphatic carbocycles. The molecule has 0 saturated carbocycles. The molecular formula is C23H24ClN5O3. The van der Waals surface area contributed by atoms with Gasteiger partial charge in [-0.05, 0) is 69.0 Å². The van der Waals surface area contributed by atoms with Gasteiger partial charge in [0.25, 0.3) is 11.5 Å². The number of H-pyrrole nitrogens is 1. The summed E-state index contributed by atoms with van der Waals surface area (Å²) in [5, 5.41) is 8.28. The summed E-state index contributed by atoms with van der Waals surface area (Å²) in [6, 6.07) is 8.56. The van der Waals surface area contributed by atoms with Gasteiger partial charge in [-0.2, -0.15) is 5.10 Å². The van der Waals surface area contributed by atoms with Gasteiger partial charge in [-0.25, -0.2) is 4.68 Å². The van der Waals surface area contributed by atoms with Crippen LogP contribution in [0.4, 0.5) is 0 Å². The molecule has 0 aliphatic heterocycles. The van der Waals surface area contributed by atoms with Crippen LogP contribution in [-0.2, 0) is 17.6 Å². The molecule has 166 valence electrons. The zero-order valence-corrected chi connectivity index (χ0v) is 18.6. The Morgan fingerprint density at radius 2 is 2.00 bits per heavy atom. The molecule has 0 fully saturated rings. The number of primary amides is 1. The van der Waals surface area contributed by atoms with Crippen molar-refractivity contribution in [3.05, 3.63) is 79.5 Å². The number of nitrogens with one attached hydrogen (secondary N) is 2. The molecule has 0 radical (unpaired) electrons. The lowest BCUT2D eigenvalue weighted by Gasteiger charge is -2.26. The number of aryl methyl sites for hydroxylation is 2. The van der Waals surface area contributed by atoms with Gasteiger partial charge in [0.15, 0.2) is 0 Å². The van der Waals surface area contributed by atoms with Crippen LogP contribution in [0.1, 0.15) is 57.5 Å². The van der Waals surface area contributed by atoms with Crippen molar-refractivity contribution in [3.8, 4) is 5.69 Å². The molecule has 32 heavy (non-hydrogen) atoms. The van der Waals surface area contributed by atoms with E-state index in [2.05, 4.69) is 15.4 Å². The largest absolute Gasteiger partial charge is 0.365 e. The molecule has 8 nitrogen and oxygen atoms in total. The minimum atomic E-state index is -0.787. The summed E-state index contributed by atoms with van der Waals surface area (Å²) in [4.78, 5) is 39.3. The molecule has 1 unspecified atom stereocenters. The first-order valence-corrected chi connectivity index (χ1v) is 10.8. The SMILES string of the molecule is Cc1nn(-c2ccc(Cl)cc2)c(C)c1CC(=O)NC1CCCc2[nH]c(=O)c(C(N)=O)cc21. The number of rotatable bonds is 5. The van der Waals surface area contributed by atoms with Crippen molar-refractivity contribution in [2.75, 3.05) is 0 Å². The Bertz CT molecular complexity index is 1260. The first-order valence-electron chi connectivity index (χ1n) is 10.4. The Morgan fingerprint density at radius 1 is 1.28 bits per heavy atom. The van der Waals surface area contributed by atoms with Crippen molar-refractivity contribution in [3.63, 3.8) is 0 Å². The van der Waals surface area contributed by atoms with Crippen LogP contribution in [-0.4, -0.2) is 26.6 Å². The first-order chi connectivity index (χ1) is 15.2. The van der Waals surface area contributed by atoms with Crippen LogP contribution >= 0.6 is 11.6 Å². The zero-order chi connectivity index (χ0) is 23.0. The van der Waals surface area contributed by atoms with E-state index in [1.807, 2.05) is 26.0 Å². The second-order valence-corrected chi connectivity index (χ2v) is 8.47. The lowest BCUT2D eigenvalue weighted by molar-refractivity contribution is -0.121. The fraction of sp³-hybridized carbons (Fsp3) is 0.304. The summed E-state index contributed by atoms with van der Waals surface area (Å²) in [5.41, 5.74) is 9.58. The predicted molar refractivity (Wildman–Crippen MR) is 121 cm³/mol. The van der Waals surface area contributed by atoms with Crippen molar-refractivity contribution >= 4 is 23.4 Å². The summed E-state index contributed by atoms with van der Waals surface area (Å²) >= 11 is 5.98. The molecule has 0 saturated heterocycles. The number of halogens is 1. The summed E-state index contributed by atoms with van der Waals surface area (Å²) < 4.78 is 1.80. The van der Waals surface area contributed by atoms with E-state index in [1.165, 1.54) is 6.07 Å². The molecule has 1 aromatic carbocycles. The number of pyridine rings is 1. The highest BCUT2D eigenvalue weighted by Crippen LogP contribution is 2.28. The number of hydrogen-bond acceptors (Lipinski definition) is 4. The van der Waals surface area contributed by atoms with E-state index in [4.69, 9.17) is 17.3 Å². The van der Waals surface area contributed by atoms with Crippen LogP contribution in [0.15, 0.2) is 35.1 Å². The number of hydrogen-bond donors (Lipinski definition) is 3. The number of carbonyl (C=O) groups excluding carboxylic acids is 2. The molecule has 2 heterocycles. The zero-order valence-electron chi connectivity index (χ0n) is 17.9. The second-order valence-electron chi connectivity index (χ2n) is 8.04. The van der Waals surface area contributed by atoms with Crippen LogP contribution < -0.4 is 16.6 Å². The van der Waals surface area contributed by atoms with Crippen LogP contribution in [0.25, 0.3) is 5.69 Å². The number of amides is 2. The summed E-state index contributed by atoms with van der Waals surface area (Å²) in [5.74, 6) is -0.943. The average molecular weight is 454 g/mol. The molecule has 1 aliphatic rings. The summed E-state index contributed by atoms with van der Waals surface area (Å²) in [6.07, 6.45) is 2.38. The Labute approximate surface area is 189 Å². The van der Waals surface area contributed by atoms with Gasteiger partial charge in [0.05, 0.1) is 23.8 Å². The highest BCUT2D eigenvalue weighted by Gasteiger charge is 2.26. The molecule has 3 aromatic rings. The van der Waals surface area contributed by atoms with E-state index in [9.17, 15) is 14.4 Å². The molecule has 4 rings (SSSR count). The standard InChI is InChI=1S/C23H24ClN5O3/c1-12-16(13(2)29(28-12)15-8-6-14(24)7-9-15)11-21(30)26-19-4-3-5-20-17(19)10-18(22(25)31)23(32)27-20/h6-10,19H,3-5,11H2,1-2H3,(H2,25,31)(H,26,30)(H,27,32). The number of nitrogens with two attached hydrogens (primary N) is 1. The van der Waals surface area contributed by atoms with Gasteiger partial charge >= 0.3 is 0 Å². The summed E-state index contributed by atoms with van der Waals surface area (Å²) in [7, 11) is 0. The molecule has 2 aromatic heterocycles. The Kier molecular flexibility index (Phi) is 5.88. The van der Waals surface area contributed by atoms with Crippen LogP contribution in [0.3, 0.4) is 0 Å². The molecule has 0 bridgehead atoms. The topological polar surface area (TPSA) is 123 Å². The maximum absolute atomic E-state index is 12.9. The van der Waals surface area contributed by atoms with Gasteiger partial charge in [-0.3, -0.25) is 14.4 Å². The fourth-order valence-corrected chi connectivity index (χ4v) is 4.37. The highest BCUT2D eigenvalue weighted by molar-refractivity contribution is 6.30. The van der Waals surface area contributed by atoms with E-state index < -0.39 is 11.5 Å². The molecule has 9 heteroatoms. The smallest absolute Gasteiger partial charge is 0.261 e. The van der Waals surface area contributed by atoms with E-state index in [0.29, 0.717) is 17.9 Å². The number of aromatic nitrogens is 3. The molecule has 0 spiro atoms. The second kappa shape index (κ2) is 8.63. The van der Waals surface area contributed by atoms with Crippen molar-refractivity contribution in [1.82, 2.24) is 20.1 Å². The normalized spacial score (nSPS) is 15.3. The van der Waals surface area contributed by atoms with Crippen LogP contribution in [0, 0.1) is 13.8 Å². The number of nitrogens with zero attached hydrogens (tertiary/aromatic N) is 2. The molecular weight excluding hydrogens is 430 g/mol.